The summed E-state index contributed by atoms with van der Waals surface area (Å²) in [4.78, 5) is 7.53. The molecule has 1 atom stereocenters. The van der Waals surface area contributed by atoms with E-state index in [2.05, 4.69) is 69.1 Å². The van der Waals surface area contributed by atoms with Gasteiger partial charge in [0.05, 0.1) is 0 Å². The van der Waals surface area contributed by atoms with Crippen molar-refractivity contribution in [2.24, 2.45) is 22.9 Å². The molecule has 0 aliphatic rings. The number of halogens is 2. The summed E-state index contributed by atoms with van der Waals surface area (Å²) in [5.74, 6) is 0.280. The average Bonchev–Trinajstić information content (AvgIpc) is 2.78. The topological polar surface area (TPSA) is 242 Å². The van der Waals surface area contributed by atoms with Crippen LogP contribution in [0.4, 0.5) is 9.41 Å². The Kier molecular flexibility index (Phi) is 30.2. The summed E-state index contributed by atoms with van der Waals surface area (Å²) < 4.78 is 45.6. The van der Waals surface area contributed by atoms with Gasteiger partial charge < -0.3 is 14.8 Å². The van der Waals surface area contributed by atoms with E-state index in [1.807, 2.05) is 0 Å². The van der Waals surface area contributed by atoms with Crippen LogP contribution in [-0.4, -0.2) is 75.5 Å². The number of hydrogen-bond acceptors (Lipinski definition) is 6. The van der Waals surface area contributed by atoms with Crippen molar-refractivity contribution in [1.29, 1.82) is 5.41 Å². The normalized spacial score (nSPS) is 9.69. The van der Waals surface area contributed by atoms with Gasteiger partial charge in [-0.1, -0.05) is 0 Å². The Labute approximate surface area is 229 Å². The number of nitrogens with one attached hydrogen (secondary N) is 2. The second kappa shape index (κ2) is 25.9. The first-order valence-corrected chi connectivity index (χ1v) is 19.7. The molecule has 0 aromatic heterocycles. The van der Waals surface area contributed by atoms with Crippen LogP contribution < -0.4 is 35.1 Å². The first-order chi connectivity index (χ1) is 15.5. The van der Waals surface area contributed by atoms with Crippen LogP contribution in [0.3, 0.4) is 0 Å². The summed E-state index contributed by atoms with van der Waals surface area (Å²) >= 11 is -5.92. The quantitative estimate of drug-likeness (QED) is 0.0706. The number of nitrogens with two attached hydrogens (primary N) is 4. The third-order valence-corrected chi connectivity index (χ3v) is 8.80. The van der Waals surface area contributed by atoms with Crippen LogP contribution in [0.25, 0.3) is 0 Å². The molecule has 0 spiro atoms. The molecule has 35 heavy (non-hydrogen) atoms. The van der Waals surface area contributed by atoms with Gasteiger partial charge in [-0.05, 0) is 0 Å². The summed E-state index contributed by atoms with van der Waals surface area (Å²) in [6.45, 7) is 1.39. The Morgan fingerprint density at radius 1 is 0.971 bits per heavy atom. The summed E-state index contributed by atoms with van der Waals surface area (Å²) in [6, 6.07) is 17.2. The van der Waals surface area contributed by atoms with Gasteiger partial charge in [-0.2, -0.15) is 0 Å². The molecule has 2 aromatic rings. The van der Waals surface area contributed by atoms with Gasteiger partial charge in [0.25, 0.3) is 0 Å². The molecule has 0 amide bonds. The Hall–Kier alpha value is -1.22. The molecule has 11 nitrogen and oxygen atoms in total. The van der Waals surface area contributed by atoms with Crippen molar-refractivity contribution < 1.29 is 36.5 Å². The van der Waals surface area contributed by atoms with Crippen LogP contribution in [0.5, 0.6) is 0 Å². The van der Waals surface area contributed by atoms with Crippen molar-refractivity contribution >= 4 is 83.0 Å². The third kappa shape index (κ3) is 27.2. The van der Waals surface area contributed by atoms with Gasteiger partial charge in [-0.25, -0.2) is 4.21 Å². The molecule has 4 radical (unpaired) electrons. The maximum atomic E-state index is 9.46. The molecule has 0 saturated heterocycles. The molecule has 0 aliphatic carbocycles. The van der Waals surface area contributed by atoms with Gasteiger partial charge in [-0.3, -0.25) is 23.6 Å². The monoisotopic (exact) mass is 753 g/mol. The van der Waals surface area contributed by atoms with Crippen molar-refractivity contribution in [3.8, 4) is 0 Å². The van der Waals surface area contributed by atoms with Gasteiger partial charge in [-0.15, -0.1) is 11.4 Å². The molecule has 0 saturated carbocycles. The van der Waals surface area contributed by atoms with Crippen LogP contribution in [0.1, 0.15) is 11.1 Å². The van der Waals surface area contributed by atoms with Crippen molar-refractivity contribution in [3.05, 3.63) is 59.7 Å². The molecule has 2 aromatic carbocycles. The minimum absolute atomic E-state index is 0. The molecule has 0 fully saturated rings. The number of rotatable bonds is 5. The number of hydrogen-bond donors (Lipinski definition) is 7. The Morgan fingerprint density at radius 2 is 1.34 bits per heavy atom. The van der Waals surface area contributed by atoms with E-state index >= 15 is 0 Å². The van der Waals surface area contributed by atoms with E-state index in [1.54, 1.807) is 0 Å². The van der Waals surface area contributed by atoms with E-state index in [0.29, 0.717) is 6.54 Å². The van der Waals surface area contributed by atoms with Gasteiger partial charge >= 0.3 is 160 Å². The van der Waals surface area contributed by atoms with E-state index in [1.165, 1.54) is 18.3 Å². The van der Waals surface area contributed by atoms with E-state index in [9.17, 15) is 4.21 Å². The number of guanidine groups is 1. The summed E-state index contributed by atoms with van der Waals surface area (Å²) in [7, 11) is 0. The molecule has 198 valence electrons. The zero-order valence-electron chi connectivity index (χ0n) is 19.1. The molecule has 1 unspecified atom stereocenters. The second-order valence-electron chi connectivity index (χ2n) is 5.73. The van der Waals surface area contributed by atoms with Crippen molar-refractivity contribution in [2.45, 2.75) is 23.0 Å². The maximum absolute atomic E-state index is 9.46. The van der Waals surface area contributed by atoms with Gasteiger partial charge in [0, 0.05) is 0 Å². The van der Waals surface area contributed by atoms with E-state index < -0.39 is 27.6 Å². The Balaban J connectivity index is -0.000000195. The van der Waals surface area contributed by atoms with E-state index in [-0.39, 0.29) is 57.7 Å². The van der Waals surface area contributed by atoms with Crippen molar-refractivity contribution in [1.82, 2.24) is 0 Å². The predicted octanol–water partition coefficient (Wildman–Crippen LogP) is -3.16. The van der Waals surface area contributed by atoms with Crippen LogP contribution in [-0.2, 0) is 35.5 Å². The summed E-state index contributed by atoms with van der Waals surface area (Å²) in [6.07, 6.45) is 0. The fourth-order valence-corrected chi connectivity index (χ4v) is 5.28. The minimum atomic E-state index is -3.11. The molecular formula is C18H31F2N6O5S2Sn2-. The SMILES string of the molecule is F.F.N=C(N)S(=O)O.O=S([O-])[O-].[CH3][Sn][c]1cccc(CN)c1.[CH3][Sn][c]1cccc(C[NH+]=C(N)N)c1. The van der Waals surface area contributed by atoms with Crippen LogP contribution in [0, 0.1) is 5.41 Å². The number of amidine groups is 1. The second-order valence-corrected chi connectivity index (χ2v) is 13.2. The molecule has 0 aliphatic heterocycles. The molecule has 0 bridgehead atoms. The molecule has 0 heterocycles. The summed E-state index contributed by atoms with van der Waals surface area (Å²) in [5.41, 5.74) is 23.1. The zero-order chi connectivity index (χ0) is 25.8. The fraction of sp³-hybridized carbons (Fsp3) is 0.222. The van der Waals surface area contributed by atoms with Crippen molar-refractivity contribution in [3.63, 3.8) is 0 Å². The average molecular weight is 751 g/mol. The van der Waals surface area contributed by atoms with Crippen LogP contribution in [0.15, 0.2) is 48.5 Å². The van der Waals surface area contributed by atoms with Gasteiger partial charge in [0.2, 0.25) is 16.2 Å². The first-order valence-electron chi connectivity index (χ1n) is 9.03. The Bertz CT molecular complexity index is 893. The van der Waals surface area contributed by atoms with Gasteiger partial charge in [0.15, 0.2) is 0 Å². The number of benzene rings is 2. The fourth-order valence-electron chi connectivity index (χ4n) is 1.89. The third-order valence-electron chi connectivity index (χ3n) is 3.35. The predicted molar refractivity (Wildman–Crippen MR) is 139 cm³/mol. The van der Waals surface area contributed by atoms with Crippen molar-refractivity contribution in [2.75, 3.05) is 0 Å². The molecule has 2 rings (SSSR count). The standard InChI is InChI=1S/C8H10N3.C7H8N.CH4N2O2S.2CH3.2FH.H2O3S.2Sn/c9-8(10)11-6-7-4-2-1-3-5-7;8-6-7-4-2-1-3-5-7;2-1(3)6(4)5;;;;;1-4(2)3;;/h1-2,4-5H,6H2,(H4,9,10,11);1-2,4-5H,6,8H2;(H3,2,3)(H,4,5);2*1H3;2*1H;(H2,1,2,3);;/p-1. The first kappa shape index (κ1) is 40.9. The van der Waals surface area contributed by atoms with Gasteiger partial charge in [0.1, 0.15) is 0 Å². The molecule has 17 heteroatoms. The van der Waals surface area contributed by atoms with E-state index in [0.717, 1.165) is 6.54 Å². The van der Waals surface area contributed by atoms with Crippen LogP contribution in [0.2, 0.25) is 9.88 Å². The molecular weight excluding hydrogens is 720 g/mol. The Morgan fingerprint density at radius 3 is 1.66 bits per heavy atom. The summed E-state index contributed by atoms with van der Waals surface area (Å²) in [5, 5.41) is 5.46. The zero-order valence-corrected chi connectivity index (χ0v) is 26.4. The van der Waals surface area contributed by atoms with E-state index in [4.69, 9.17) is 40.5 Å². The molecule has 11 N–H and O–H groups in total. The van der Waals surface area contributed by atoms with Crippen LogP contribution >= 0.6 is 0 Å².